The van der Waals surface area contributed by atoms with Gasteiger partial charge in [0.05, 0.1) is 7.11 Å². The summed E-state index contributed by atoms with van der Waals surface area (Å²) in [6.45, 7) is 0. The summed E-state index contributed by atoms with van der Waals surface area (Å²) in [5.74, 6) is -1.13. The van der Waals surface area contributed by atoms with Gasteiger partial charge in [0.1, 0.15) is 22.3 Å². The molecule has 0 N–H and O–H groups in total. The molecule has 7 heteroatoms. The van der Waals surface area contributed by atoms with Gasteiger partial charge in [0.15, 0.2) is 5.75 Å². The molecule has 0 aliphatic carbocycles. The van der Waals surface area contributed by atoms with Crippen molar-refractivity contribution in [3.8, 4) is 11.5 Å². The molecule has 0 aliphatic rings. The van der Waals surface area contributed by atoms with Gasteiger partial charge in [0.25, 0.3) is 0 Å². The molecule has 0 bridgehead atoms. The zero-order valence-corrected chi connectivity index (χ0v) is 17.6. The van der Waals surface area contributed by atoms with Crippen molar-refractivity contribution >= 4 is 39.3 Å². The van der Waals surface area contributed by atoms with Crippen LogP contribution in [-0.2, 0) is 9.53 Å². The summed E-state index contributed by atoms with van der Waals surface area (Å²) in [6, 6.07) is 16.4. The molecule has 0 atom stereocenters. The molecule has 3 aromatic carbocycles. The van der Waals surface area contributed by atoms with Crippen molar-refractivity contribution in [1.29, 1.82) is 0 Å². The highest BCUT2D eigenvalue weighted by molar-refractivity contribution is 7.21. The molecule has 0 saturated carbocycles. The summed E-state index contributed by atoms with van der Waals surface area (Å²) in [7, 11) is 1.30. The first kappa shape index (κ1) is 21.4. The lowest BCUT2D eigenvalue weighted by Gasteiger charge is -2.08. The number of halogens is 2. The summed E-state index contributed by atoms with van der Waals surface area (Å²) < 4.78 is 38.6. The van der Waals surface area contributed by atoms with Crippen LogP contribution in [0.15, 0.2) is 72.8 Å². The molecule has 1 aromatic heterocycles. The fourth-order valence-corrected chi connectivity index (χ4v) is 4.17. The quantitative estimate of drug-likeness (QED) is 0.194. The second kappa shape index (κ2) is 9.11. The summed E-state index contributed by atoms with van der Waals surface area (Å²) in [6.07, 6.45) is 2.89. The topological polar surface area (TPSA) is 52.6 Å². The van der Waals surface area contributed by atoms with Crippen molar-refractivity contribution in [1.82, 2.24) is 0 Å². The molecule has 32 heavy (non-hydrogen) atoms. The maximum atomic E-state index is 13.8. The van der Waals surface area contributed by atoms with Crippen molar-refractivity contribution < 1.29 is 27.8 Å². The highest BCUT2D eigenvalue weighted by Crippen LogP contribution is 2.41. The van der Waals surface area contributed by atoms with Gasteiger partial charge in [-0.05, 0) is 54.1 Å². The standard InChI is InChI=1S/C25H16F2O4S/c1-30-22(28)12-7-15-5-9-19(10-6-15)31-24-20-11-8-18(27)14-21(20)32-25(24)23(29)16-3-2-4-17(26)13-16/h2-14H,1H3/b12-7+. The number of thiophene rings is 1. The normalized spacial score (nSPS) is 11.1. The summed E-state index contributed by atoms with van der Waals surface area (Å²) in [4.78, 5) is 24.6. The SMILES string of the molecule is COC(=O)/C=C/c1ccc(Oc2c(C(=O)c3cccc(F)c3)sc3cc(F)ccc23)cc1. The minimum absolute atomic E-state index is 0.171. The van der Waals surface area contributed by atoms with Crippen molar-refractivity contribution in [2.45, 2.75) is 0 Å². The third-order valence-electron chi connectivity index (χ3n) is 4.61. The molecule has 160 valence electrons. The molecule has 4 rings (SSSR count). The molecule has 0 aliphatic heterocycles. The molecule has 0 amide bonds. The highest BCUT2D eigenvalue weighted by atomic mass is 32.1. The first-order valence-corrected chi connectivity index (χ1v) is 10.3. The molecule has 0 spiro atoms. The largest absolute Gasteiger partial charge is 0.466 e. The first-order chi connectivity index (χ1) is 15.4. The van der Waals surface area contributed by atoms with E-state index in [0.717, 1.165) is 23.0 Å². The van der Waals surface area contributed by atoms with E-state index in [-0.39, 0.29) is 16.2 Å². The fraction of sp³-hybridized carbons (Fsp3) is 0.0400. The third kappa shape index (κ3) is 4.58. The number of ether oxygens (including phenoxy) is 2. The number of carbonyl (C=O) groups excluding carboxylic acids is 2. The van der Waals surface area contributed by atoms with Gasteiger partial charge in [-0.15, -0.1) is 11.3 Å². The number of esters is 1. The van der Waals surface area contributed by atoms with E-state index in [1.54, 1.807) is 36.4 Å². The Labute approximate surface area is 186 Å². The number of rotatable bonds is 6. The van der Waals surface area contributed by atoms with Crippen LogP contribution in [0, 0.1) is 11.6 Å². The molecule has 0 saturated heterocycles. The average Bonchev–Trinajstić information content (AvgIpc) is 3.15. The van der Waals surface area contributed by atoms with E-state index in [4.69, 9.17) is 4.74 Å². The van der Waals surface area contributed by atoms with Crippen LogP contribution in [0.4, 0.5) is 8.78 Å². The smallest absolute Gasteiger partial charge is 0.330 e. The second-order valence-corrected chi connectivity index (χ2v) is 7.82. The molecular weight excluding hydrogens is 434 g/mol. The number of benzene rings is 3. The molecule has 4 aromatic rings. The molecule has 4 nitrogen and oxygen atoms in total. The highest BCUT2D eigenvalue weighted by Gasteiger charge is 2.22. The van der Waals surface area contributed by atoms with Crippen molar-refractivity contribution in [3.63, 3.8) is 0 Å². The van der Waals surface area contributed by atoms with E-state index in [2.05, 4.69) is 4.74 Å². The Bertz CT molecular complexity index is 1340. The first-order valence-electron chi connectivity index (χ1n) is 9.51. The van der Waals surface area contributed by atoms with E-state index in [9.17, 15) is 18.4 Å². The van der Waals surface area contributed by atoms with Crippen LogP contribution in [-0.4, -0.2) is 18.9 Å². The van der Waals surface area contributed by atoms with E-state index < -0.39 is 23.4 Å². The lowest BCUT2D eigenvalue weighted by Crippen LogP contribution is -2.01. The Morgan fingerprint density at radius 2 is 1.69 bits per heavy atom. The Kier molecular flexibility index (Phi) is 6.09. The van der Waals surface area contributed by atoms with Crippen molar-refractivity contribution in [2.24, 2.45) is 0 Å². The molecule has 0 radical (unpaired) electrons. The van der Waals surface area contributed by atoms with Crippen LogP contribution in [0.2, 0.25) is 0 Å². The predicted octanol–water partition coefficient (Wildman–Crippen LogP) is 6.39. The van der Waals surface area contributed by atoms with Crippen LogP contribution in [0.3, 0.4) is 0 Å². The van der Waals surface area contributed by atoms with Gasteiger partial charge < -0.3 is 9.47 Å². The fourth-order valence-electron chi connectivity index (χ4n) is 3.06. The van der Waals surface area contributed by atoms with Gasteiger partial charge in [0, 0.05) is 21.7 Å². The molecule has 0 fully saturated rings. The lowest BCUT2D eigenvalue weighted by molar-refractivity contribution is -0.134. The third-order valence-corrected chi connectivity index (χ3v) is 5.75. The Morgan fingerprint density at radius 3 is 2.41 bits per heavy atom. The predicted molar refractivity (Wildman–Crippen MR) is 119 cm³/mol. The number of ketones is 1. The van der Waals surface area contributed by atoms with E-state index in [1.807, 2.05) is 0 Å². The van der Waals surface area contributed by atoms with Crippen LogP contribution < -0.4 is 4.74 Å². The molecule has 0 unspecified atom stereocenters. The Morgan fingerprint density at radius 1 is 0.938 bits per heavy atom. The molecule has 1 heterocycles. The van der Waals surface area contributed by atoms with E-state index in [1.165, 1.54) is 43.5 Å². The van der Waals surface area contributed by atoms with Gasteiger partial charge in [-0.1, -0.05) is 24.3 Å². The molecular formula is C25H16F2O4S. The van der Waals surface area contributed by atoms with Crippen molar-refractivity contribution in [2.75, 3.05) is 7.11 Å². The minimum atomic E-state index is -0.527. The Hall–Kier alpha value is -3.84. The Balaban J connectivity index is 1.71. The zero-order valence-electron chi connectivity index (χ0n) is 16.8. The second-order valence-electron chi connectivity index (χ2n) is 6.77. The number of methoxy groups -OCH3 is 1. The maximum absolute atomic E-state index is 13.8. The van der Waals surface area contributed by atoms with Gasteiger partial charge in [0.2, 0.25) is 5.78 Å². The van der Waals surface area contributed by atoms with Crippen LogP contribution in [0.5, 0.6) is 11.5 Å². The number of carbonyl (C=O) groups is 2. The van der Waals surface area contributed by atoms with Gasteiger partial charge in [-0.3, -0.25) is 4.79 Å². The van der Waals surface area contributed by atoms with Gasteiger partial charge in [-0.25, -0.2) is 13.6 Å². The van der Waals surface area contributed by atoms with Gasteiger partial charge >= 0.3 is 5.97 Å². The summed E-state index contributed by atoms with van der Waals surface area (Å²) in [5, 5.41) is 0.575. The maximum Gasteiger partial charge on any atom is 0.330 e. The monoisotopic (exact) mass is 450 g/mol. The minimum Gasteiger partial charge on any atom is -0.466 e. The van der Waals surface area contributed by atoms with Gasteiger partial charge in [-0.2, -0.15) is 0 Å². The number of hydrogen-bond donors (Lipinski definition) is 0. The zero-order chi connectivity index (χ0) is 22.7. The lowest BCUT2D eigenvalue weighted by atomic mass is 10.1. The van der Waals surface area contributed by atoms with E-state index in [0.29, 0.717) is 15.8 Å². The number of fused-ring (bicyclic) bond motifs is 1. The number of hydrogen-bond acceptors (Lipinski definition) is 5. The van der Waals surface area contributed by atoms with Crippen LogP contribution >= 0.6 is 11.3 Å². The van der Waals surface area contributed by atoms with Crippen molar-refractivity contribution in [3.05, 3.63) is 100 Å². The summed E-state index contributed by atoms with van der Waals surface area (Å²) >= 11 is 1.08. The van der Waals surface area contributed by atoms with E-state index >= 15 is 0 Å². The van der Waals surface area contributed by atoms with Crippen LogP contribution in [0.25, 0.3) is 16.2 Å². The van der Waals surface area contributed by atoms with Crippen LogP contribution in [0.1, 0.15) is 20.8 Å². The summed E-state index contributed by atoms with van der Waals surface area (Å²) in [5.41, 5.74) is 0.918. The average molecular weight is 450 g/mol.